The highest BCUT2D eigenvalue weighted by molar-refractivity contribution is 6.29. The summed E-state index contributed by atoms with van der Waals surface area (Å²) in [5.74, 6) is 0. The summed E-state index contributed by atoms with van der Waals surface area (Å²) in [6.07, 6.45) is 6.99. The van der Waals surface area contributed by atoms with Crippen LogP contribution in [0.2, 0.25) is 5.15 Å². The van der Waals surface area contributed by atoms with Crippen LogP contribution in [-0.4, -0.2) is 22.7 Å². The number of nitrogens with one attached hydrogen (secondary N) is 2. The molecule has 1 aliphatic heterocycles. The third kappa shape index (κ3) is 4.94. The first-order valence-electron chi connectivity index (χ1n) is 8.59. The molecular formula is C19H24ClN3O. The standard InChI is InChI=1S/C19H24ClN3O/c20-18-11-7-15(13-22-18)19(24)23-17-9-5-14(6-10-17)4-8-16-3-1-2-12-21-16/h5-7,9-11,13,16,19,21,23-24H,1-4,8,12H2. The minimum absolute atomic E-state index is 0.419. The number of aliphatic hydroxyl groups is 1. The highest BCUT2D eigenvalue weighted by atomic mass is 35.5. The minimum Gasteiger partial charge on any atom is -0.369 e. The molecule has 3 N–H and O–H groups in total. The fourth-order valence-electron chi connectivity index (χ4n) is 3.07. The van der Waals surface area contributed by atoms with E-state index in [-0.39, 0.29) is 0 Å². The minimum atomic E-state index is -0.799. The first kappa shape index (κ1) is 17.2. The molecule has 24 heavy (non-hydrogen) atoms. The maximum absolute atomic E-state index is 10.2. The lowest BCUT2D eigenvalue weighted by molar-refractivity contribution is 0.208. The van der Waals surface area contributed by atoms with Gasteiger partial charge in [-0.25, -0.2) is 4.98 Å². The zero-order valence-corrected chi connectivity index (χ0v) is 14.5. The van der Waals surface area contributed by atoms with Crippen LogP contribution in [0.4, 0.5) is 5.69 Å². The summed E-state index contributed by atoms with van der Waals surface area (Å²) in [6.45, 7) is 1.16. The number of hydrogen-bond donors (Lipinski definition) is 3. The van der Waals surface area contributed by atoms with Gasteiger partial charge in [-0.15, -0.1) is 0 Å². The lowest BCUT2D eigenvalue weighted by Crippen LogP contribution is -2.34. The van der Waals surface area contributed by atoms with Crippen LogP contribution in [0.15, 0.2) is 42.6 Å². The van der Waals surface area contributed by atoms with E-state index < -0.39 is 6.23 Å². The third-order valence-electron chi connectivity index (χ3n) is 4.52. The fraction of sp³-hybridized carbons (Fsp3) is 0.421. The van der Waals surface area contributed by atoms with E-state index in [4.69, 9.17) is 11.6 Å². The monoisotopic (exact) mass is 345 g/mol. The van der Waals surface area contributed by atoms with E-state index in [9.17, 15) is 5.11 Å². The number of benzene rings is 1. The van der Waals surface area contributed by atoms with Gasteiger partial charge in [0.1, 0.15) is 5.15 Å². The fourth-order valence-corrected chi connectivity index (χ4v) is 3.18. The predicted octanol–water partition coefficient (Wildman–Crippen LogP) is 3.91. The van der Waals surface area contributed by atoms with E-state index in [1.165, 1.54) is 31.2 Å². The maximum atomic E-state index is 10.2. The average molecular weight is 346 g/mol. The predicted molar refractivity (Wildman–Crippen MR) is 98.2 cm³/mol. The molecule has 2 atom stereocenters. The maximum Gasteiger partial charge on any atom is 0.152 e. The van der Waals surface area contributed by atoms with Crippen molar-refractivity contribution >= 4 is 17.3 Å². The summed E-state index contributed by atoms with van der Waals surface area (Å²) in [6, 6.07) is 12.4. The molecule has 2 aromatic rings. The Kier molecular flexibility index (Phi) is 6.07. The molecule has 0 saturated carbocycles. The Morgan fingerprint density at radius 3 is 2.71 bits per heavy atom. The van der Waals surface area contributed by atoms with Gasteiger partial charge < -0.3 is 15.7 Å². The highest BCUT2D eigenvalue weighted by Crippen LogP contribution is 2.20. The quantitative estimate of drug-likeness (QED) is 0.548. The van der Waals surface area contributed by atoms with Crippen LogP contribution in [0.3, 0.4) is 0 Å². The van der Waals surface area contributed by atoms with Crippen LogP contribution in [0.1, 0.15) is 43.0 Å². The van der Waals surface area contributed by atoms with Gasteiger partial charge in [-0.3, -0.25) is 0 Å². The molecule has 0 aliphatic carbocycles. The van der Waals surface area contributed by atoms with Crippen LogP contribution in [-0.2, 0) is 6.42 Å². The zero-order valence-electron chi connectivity index (χ0n) is 13.7. The number of hydrogen-bond acceptors (Lipinski definition) is 4. The Balaban J connectivity index is 1.51. The summed E-state index contributed by atoms with van der Waals surface area (Å²) < 4.78 is 0. The molecule has 0 bridgehead atoms. The van der Waals surface area contributed by atoms with Crippen molar-refractivity contribution in [1.82, 2.24) is 10.3 Å². The molecule has 2 heterocycles. The van der Waals surface area contributed by atoms with Crippen molar-refractivity contribution in [2.45, 2.75) is 44.4 Å². The van der Waals surface area contributed by atoms with Crippen LogP contribution in [0, 0.1) is 0 Å². The number of piperidine rings is 1. The number of aryl methyl sites for hydroxylation is 1. The molecule has 2 unspecified atom stereocenters. The first-order valence-corrected chi connectivity index (χ1v) is 8.97. The summed E-state index contributed by atoms with van der Waals surface area (Å²) >= 11 is 5.76. The molecule has 5 heteroatoms. The molecule has 1 aromatic carbocycles. The van der Waals surface area contributed by atoms with Gasteiger partial charge in [0.25, 0.3) is 0 Å². The van der Waals surface area contributed by atoms with Crippen molar-refractivity contribution in [2.75, 3.05) is 11.9 Å². The normalized spacial score (nSPS) is 19.0. The second-order valence-corrected chi connectivity index (χ2v) is 6.73. The number of nitrogens with zero attached hydrogens (tertiary/aromatic N) is 1. The van der Waals surface area contributed by atoms with Gasteiger partial charge in [-0.05, 0) is 62.1 Å². The van der Waals surface area contributed by atoms with Crippen LogP contribution >= 0.6 is 11.6 Å². The number of rotatable bonds is 6. The molecule has 0 spiro atoms. The van der Waals surface area contributed by atoms with Gasteiger partial charge >= 0.3 is 0 Å². The van der Waals surface area contributed by atoms with E-state index in [0.29, 0.717) is 16.8 Å². The molecule has 128 valence electrons. The average Bonchev–Trinajstić information content (AvgIpc) is 2.62. The largest absolute Gasteiger partial charge is 0.369 e. The highest BCUT2D eigenvalue weighted by Gasteiger charge is 2.12. The van der Waals surface area contributed by atoms with Crippen molar-refractivity contribution in [3.05, 3.63) is 58.9 Å². The van der Waals surface area contributed by atoms with Crippen molar-refractivity contribution in [3.63, 3.8) is 0 Å². The van der Waals surface area contributed by atoms with Gasteiger partial charge in [0, 0.05) is 23.5 Å². The van der Waals surface area contributed by atoms with E-state index in [1.54, 1.807) is 18.3 Å². The first-order chi connectivity index (χ1) is 11.7. The number of aliphatic hydroxyl groups excluding tert-OH is 1. The van der Waals surface area contributed by atoms with Crippen LogP contribution in [0.25, 0.3) is 0 Å². The summed E-state index contributed by atoms with van der Waals surface area (Å²) in [5, 5.41) is 17.3. The molecule has 1 aromatic heterocycles. The number of aromatic nitrogens is 1. The zero-order chi connectivity index (χ0) is 16.8. The van der Waals surface area contributed by atoms with Crippen LogP contribution in [0.5, 0.6) is 0 Å². The Hall–Kier alpha value is -1.62. The molecule has 4 nitrogen and oxygen atoms in total. The third-order valence-corrected chi connectivity index (χ3v) is 4.74. The summed E-state index contributed by atoms with van der Waals surface area (Å²) in [7, 11) is 0. The van der Waals surface area contributed by atoms with Crippen molar-refractivity contribution in [3.8, 4) is 0 Å². The molecule has 0 radical (unpaired) electrons. The Labute approximate surface area is 148 Å². The summed E-state index contributed by atoms with van der Waals surface area (Å²) in [4.78, 5) is 3.98. The molecular weight excluding hydrogens is 322 g/mol. The second-order valence-electron chi connectivity index (χ2n) is 6.34. The molecule has 1 aliphatic rings. The van der Waals surface area contributed by atoms with Crippen molar-refractivity contribution in [1.29, 1.82) is 0 Å². The SMILES string of the molecule is OC(Nc1ccc(CCC2CCCCN2)cc1)c1ccc(Cl)nc1. The van der Waals surface area contributed by atoms with Gasteiger partial charge in [0.2, 0.25) is 0 Å². The number of pyridine rings is 1. The smallest absolute Gasteiger partial charge is 0.152 e. The summed E-state index contributed by atoms with van der Waals surface area (Å²) in [5.41, 5.74) is 2.90. The molecule has 0 amide bonds. The van der Waals surface area contributed by atoms with E-state index in [0.717, 1.165) is 18.7 Å². The molecule has 1 fully saturated rings. The lowest BCUT2D eigenvalue weighted by Gasteiger charge is -2.23. The number of anilines is 1. The molecule has 3 rings (SSSR count). The molecule has 1 saturated heterocycles. The van der Waals surface area contributed by atoms with Gasteiger partial charge in [0.15, 0.2) is 6.23 Å². The Morgan fingerprint density at radius 1 is 1.21 bits per heavy atom. The van der Waals surface area contributed by atoms with Crippen molar-refractivity contribution < 1.29 is 5.11 Å². The van der Waals surface area contributed by atoms with Gasteiger partial charge in [0.05, 0.1) is 0 Å². The van der Waals surface area contributed by atoms with E-state index in [1.807, 2.05) is 12.1 Å². The van der Waals surface area contributed by atoms with Crippen molar-refractivity contribution in [2.24, 2.45) is 0 Å². The Morgan fingerprint density at radius 2 is 2.04 bits per heavy atom. The Bertz CT molecular complexity index is 624. The van der Waals surface area contributed by atoms with Gasteiger partial charge in [-0.1, -0.05) is 30.2 Å². The second kappa shape index (κ2) is 8.47. The van der Waals surface area contributed by atoms with E-state index >= 15 is 0 Å². The van der Waals surface area contributed by atoms with Gasteiger partial charge in [-0.2, -0.15) is 0 Å². The van der Waals surface area contributed by atoms with Crippen LogP contribution < -0.4 is 10.6 Å². The van der Waals surface area contributed by atoms with E-state index in [2.05, 4.69) is 27.8 Å². The topological polar surface area (TPSA) is 57.2 Å². The lowest BCUT2D eigenvalue weighted by atomic mass is 9.98. The number of halogens is 1.